The molecule has 2 rings (SSSR count). The van der Waals surface area contributed by atoms with Crippen LogP contribution in [0.4, 0.5) is 0 Å². The Kier molecular flexibility index (Phi) is 2.86. The van der Waals surface area contributed by atoms with Gasteiger partial charge in [0.2, 0.25) is 5.90 Å². The molecule has 0 bridgehead atoms. The summed E-state index contributed by atoms with van der Waals surface area (Å²) < 4.78 is 6.65. The van der Waals surface area contributed by atoms with E-state index in [2.05, 4.69) is 34.2 Å². The summed E-state index contributed by atoms with van der Waals surface area (Å²) in [4.78, 5) is 4.34. The fourth-order valence-electron chi connectivity index (χ4n) is 1.28. The number of hydrogen-bond donors (Lipinski definition) is 0. The lowest BCUT2D eigenvalue weighted by Gasteiger charge is -2.08. The standard InChI is InChI=1S/C11H10INO/c1-8(12)10-7-13-11(14-10)9-5-3-2-4-6-9/h2-6,10H,1,7H2/t10-/m0/s1. The fourth-order valence-corrected chi connectivity index (χ4v) is 1.60. The van der Waals surface area contributed by atoms with Crippen LogP contribution in [0, 0.1) is 0 Å². The Morgan fingerprint density at radius 1 is 1.43 bits per heavy atom. The van der Waals surface area contributed by atoms with E-state index in [9.17, 15) is 0 Å². The van der Waals surface area contributed by atoms with Crippen molar-refractivity contribution in [2.24, 2.45) is 4.99 Å². The van der Waals surface area contributed by atoms with Gasteiger partial charge in [0.05, 0.1) is 6.54 Å². The van der Waals surface area contributed by atoms with E-state index in [1.165, 1.54) is 0 Å². The molecule has 3 heteroatoms. The molecular weight excluding hydrogens is 289 g/mol. The molecule has 72 valence electrons. The van der Waals surface area contributed by atoms with Crippen molar-refractivity contribution < 1.29 is 4.74 Å². The highest BCUT2D eigenvalue weighted by Crippen LogP contribution is 2.20. The molecule has 1 aliphatic heterocycles. The lowest BCUT2D eigenvalue weighted by Crippen LogP contribution is -2.12. The van der Waals surface area contributed by atoms with Crippen LogP contribution in [0.3, 0.4) is 0 Å². The molecule has 0 amide bonds. The molecule has 0 spiro atoms. The Hall–Kier alpha value is -0.840. The second kappa shape index (κ2) is 4.13. The number of aliphatic imine (C=N–C) groups is 1. The normalized spacial score (nSPS) is 20.1. The molecule has 1 atom stereocenters. The van der Waals surface area contributed by atoms with E-state index >= 15 is 0 Å². The van der Waals surface area contributed by atoms with Crippen molar-refractivity contribution >= 4 is 28.5 Å². The van der Waals surface area contributed by atoms with Gasteiger partial charge in [0.1, 0.15) is 0 Å². The molecule has 0 N–H and O–H groups in total. The number of hydrogen-bond acceptors (Lipinski definition) is 2. The van der Waals surface area contributed by atoms with Gasteiger partial charge in [-0.3, -0.25) is 0 Å². The quantitative estimate of drug-likeness (QED) is 0.770. The van der Waals surface area contributed by atoms with Gasteiger partial charge >= 0.3 is 0 Å². The fraction of sp³-hybridized carbons (Fsp3) is 0.182. The van der Waals surface area contributed by atoms with E-state index < -0.39 is 0 Å². The first kappa shape index (κ1) is 9.71. The van der Waals surface area contributed by atoms with Gasteiger partial charge in [0.15, 0.2) is 6.10 Å². The minimum absolute atomic E-state index is 0.0470. The third-order valence-corrected chi connectivity index (χ3v) is 2.72. The summed E-state index contributed by atoms with van der Waals surface area (Å²) in [5.74, 6) is 0.730. The van der Waals surface area contributed by atoms with Gasteiger partial charge < -0.3 is 4.74 Å². The maximum Gasteiger partial charge on any atom is 0.216 e. The summed E-state index contributed by atoms with van der Waals surface area (Å²) >= 11 is 2.18. The minimum atomic E-state index is 0.0470. The lowest BCUT2D eigenvalue weighted by atomic mass is 10.2. The van der Waals surface area contributed by atoms with Crippen molar-refractivity contribution in [3.8, 4) is 0 Å². The van der Waals surface area contributed by atoms with Crippen LogP contribution in [0.25, 0.3) is 0 Å². The highest BCUT2D eigenvalue weighted by atomic mass is 127. The van der Waals surface area contributed by atoms with Gasteiger partial charge in [-0.25, -0.2) is 4.99 Å². The molecule has 0 aliphatic carbocycles. The molecule has 0 unspecified atom stereocenters. The van der Waals surface area contributed by atoms with E-state index in [1.807, 2.05) is 30.3 Å². The van der Waals surface area contributed by atoms with Gasteiger partial charge in [-0.2, -0.15) is 0 Å². The van der Waals surface area contributed by atoms with Gasteiger partial charge in [-0.15, -0.1) is 0 Å². The van der Waals surface area contributed by atoms with E-state index in [0.29, 0.717) is 6.54 Å². The largest absolute Gasteiger partial charge is 0.467 e. The van der Waals surface area contributed by atoms with E-state index in [-0.39, 0.29) is 6.10 Å². The summed E-state index contributed by atoms with van der Waals surface area (Å²) in [7, 11) is 0. The van der Waals surface area contributed by atoms with Crippen molar-refractivity contribution in [1.29, 1.82) is 0 Å². The molecule has 1 aliphatic rings. The van der Waals surface area contributed by atoms with Gasteiger partial charge in [-0.05, 0) is 34.7 Å². The van der Waals surface area contributed by atoms with Crippen molar-refractivity contribution in [2.45, 2.75) is 6.10 Å². The monoisotopic (exact) mass is 299 g/mol. The van der Waals surface area contributed by atoms with Crippen LogP contribution in [-0.2, 0) is 4.74 Å². The van der Waals surface area contributed by atoms with Crippen molar-refractivity contribution in [3.63, 3.8) is 0 Å². The zero-order valence-electron chi connectivity index (χ0n) is 7.61. The zero-order chi connectivity index (χ0) is 9.97. The smallest absolute Gasteiger partial charge is 0.216 e. The second-order valence-electron chi connectivity index (χ2n) is 3.07. The molecule has 0 saturated heterocycles. The van der Waals surface area contributed by atoms with Crippen LogP contribution >= 0.6 is 22.6 Å². The molecule has 0 saturated carbocycles. The lowest BCUT2D eigenvalue weighted by molar-refractivity contribution is 0.273. The summed E-state index contributed by atoms with van der Waals surface area (Å²) in [6.45, 7) is 4.54. The molecule has 1 heterocycles. The molecule has 1 aromatic rings. The molecule has 0 radical (unpaired) electrons. The van der Waals surface area contributed by atoms with E-state index in [4.69, 9.17) is 4.74 Å². The third-order valence-electron chi connectivity index (χ3n) is 2.02. The first-order valence-electron chi connectivity index (χ1n) is 4.38. The summed E-state index contributed by atoms with van der Waals surface area (Å²) in [5, 5.41) is 0. The van der Waals surface area contributed by atoms with Crippen molar-refractivity contribution in [2.75, 3.05) is 6.54 Å². The molecule has 0 fully saturated rings. The Labute approximate surface area is 96.8 Å². The molecule has 2 nitrogen and oxygen atoms in total. The average Bonchev–Trinajstić information content (AvgIpc) is 2.68. The number of nitrogens with zero attached hydrogens (tertiary/aromatic N) is 1. The number of halogens is 1. The minimum Gasteiger partial charge on any atom is -0.467 e. The van der Waals surface area contributed by atoms with Crippen LogP contribution < -0.4 is 0 Å². The third kappa shape index (κ3) is 1.97. The SMILES string of the molecule is C=C(I)[C@@H]1CN=C(c2ccccc2)O1. The molecule has 0 aromatic heterocycles. The van der Waals surface area contributed by atoms with Crippen LogP contribution in [-0.4, -0.2) is 18.5 Å². The van der Waals surface area contributed by atoms with Crippen molar-refractivity contribution in [3.05, 3.63) is 46.1 Å². The van der Waals surface area contributed by atoms with Crippen LogP contribution in [0.15, 0.2) is 45.5 Å². The summed E-state index contributed by atoms with van der Waals surface area (Å²) in [5.41, 5.74) is 1.03. The van der Waals surface area contributed by atoms with Gasteiger partial charge in [0, 0.05) is 9.14 Å². The highest BCUT2D eigenvalue weighted by molar-refractivity contribution is 14.1. The number of benzene rings is 1. The maximum absolute atomic E-state index is 5.65. The van der Waals surface area contributed by atoms with Crippen LogP contribution in [0.2, 0.25) is 0 Å². The Morgan fingerprint density at radius 2 is 2.14 bits per heavy atom. The highest BCUT2D eigenvalue weighted by Gasteiger charge is 2.21. The summed E-state index contributed by atoms with van der Waals surface area (Å²) in [6.07, 6.45) is 0.0470. The summed E-state index contributed by atoms with van der Waals surface area (Å²) in [6, 6.07) is 9.93. The molecule has 1 aromatic carbocycles. The predicted molar refractivity (Wildman–Crippen MR) is 65.9 cm³/mol. The maximum atomic E-state index is 5.65. The van der Waals surface area contributed by atoms with Crippen LogP contribution in [0.1, 0.15) is 5.56 Å². The van der Waals surface area contributed by atoms with Crippen LogP contribution in [0.5, 0.6) is 0 Å². The number of ether oxygens (including phenoxy) is 1. The zero-order valence-corrected chi connectivity index (χ0v) is 9.77. The first-order chi connectivity index (χ1) is 6.77. The van der Waals surface area contributed by atoms with Crippen molar-refractivity contribution in [1.82, 2.24) is 0 Å². The number of rotatable bonds is 2. The molecular formula is C11H10INO. The van der Waals surface area contributed by atoms with Gasteiger partial charge in [0.25, 0.3) is 0 Å². The topological polar surface area (TPSA) is 21.6 Å². The molecule has 14 heavy (non-hydrogen) atoms. The van der Waals surface area contributed by atoms with E-state index in [0.717, 1.165) is 15.0 Å². The van der Waals surface area contributed by atoms with E-state index in [1.54, 1.807) is 0 Å². The Morgan fingerprint density at radius 3 is 2.71 bits per heavy atom. The van der Waals surface area contributed by atoms with Gasteiger partial charge in [-0.1, -0.05) is 24.8 Å². The average molecular weight is 299 g/mol. The second-order valence-corrected chi connectivity index (χ2v) is 4.45. The predicted octanol–water partition coefficient (Wildman–Crippen LogP) is 2.78. The Bertz CT molecular complexity index is 372. The Balaban J connectivity index is 2.13. The first-order valence-corrected chi connectivity index (χ1v) is 5.46.